The van der Waals surface area contributed by atoms with E-state index in [1.807, 2.05) is 38.1 Å². The highest BCUT2D eigenvalue weighted by Gasteiger charge is 2.30. The predicted molar refractivity (Wildman–Crippen MR) is 130 cm³/mol. The third-order valence-electron chi connectivity index (χ3n) is 5.73. The van der Waals surface area contributed by atoms with Gasteiger partial charge < -0.3 is 19.1 Å². The smallest absolute Gasteiger partial charge is 0.344 e. The van der Waals surface area contributed by atoms with Crippen LogP contribution in [0.25, 0.3) is 0 Å². The molecule has 2 aromatic rings. The molecule has 0 amide bonds. The van der Waals surface area contributed by atoms with E-state index in [-0.39, 0.29) is 24.6 Å². The minimum atomic E-state index is -0.377. The van der Waals surface area contributed by atoms with E-state index in [1.54, 1.807) is 25.3 Å². The predicted octanol–water partition coefficient (Wildman–Crippen LogP) is 3.69. The zero-order valence-electron chi connectivity index (χ0n) is 20.5. The van der Waals surface area contributed by atoms with Gasteiger partial charge in [0, 0.05) is 37.4 Å². The van der Waals surface area contributed by atoms with Gasteiger partial charge in [0.05, 0.1) is 12.7 Å². The van der Waals surface area contributed by atoms with E-state index in [4.69, 9.17) is 14.2 Å². The monoisotopic (exact) mass is 469 g/mol. The van der Waals surface area contributed by atoms with Gasteiger partial charge in [0.1, 0.15) is 17.1 Å². The van der Waals surface area contributed by atoms with E-state index in [2.05, 4.69) is 21.7 Å². The number of carbonyl (C=O) groups excluding carboxylic acids is 2. The molecule has 0 radical (unpaired) electrons. The molecule has 1 aliphatic rings. The number of nitrogens with zero attached hydrogens (tertiary/aromatic N) is 3. The average molecular weight is 470 g/mol. The van der Waals surface area contributed by atoms with Gasteiger partial charge in [-0.15, -0.1) is 0 Å². The maximum Gasteiger partial charge on any atom is 0.344 e. The van der Waals surface area contributed by atoms with Gasteiger partial charge in [-0.05, 0) is 51.9 Å². The normalized spacial score (nSPS) is 15.6. The van der Waals surface area contributed by atoms with Crippen molar-refractivity contribution >= 4 is 17.8 Å². The molecule has 0 N–H and O–H groups in total. The Morgan fingerprint density at radius 3 is 2.71 bits per heavy atom. The Balaban J connectivity index is 1.68. The zero-order chi connectivity index (χ0) is 24.5. The van der Waals surface area contributed by atoms with Crippen molar-refractivity contribution in [1.82, 2.24) is 9.88 Å². The topological polar surface area (TPSA) is 81.2 Å². The first-order valence-electron chi connectivity index (χ1n) is 11.9. The molecule has 1 aromatic heterocycles. The van der Waals surface area contributed by atoms with E-state index in [9.17, 15) is 9.59 Å². The zero-order valence-corrected chi connectivity index (χ0v) is 20.5. The summed E-state index contributed by atoms with van der Waals surface area (Å²) in [5.41, 5.74) is 1.52. The van der Waals surface area contributed by atoms with Crippen LogP contribution >= 0.6 is 0 Å². The van der Waals surface area contributed by atoms with E-state index >= 15 is 0 Å². The third-order valence-corrected chi connectivity index (χ3v) is 5.73. The Kier molecular flexibility index (Phi) is 9.27. The van der Waals surface area contributed by atoms with Crippen LogP contribution in [0.4, 0.5) is 5.82 Å². The number of hydrogen-bond donors (Lipinski definition) is 0. The van der Waals surface area contributed by atoms with Crippen LogP contribution in [0.3, 0.4) is 0 Å². The van der Waals surface area contributed by atoms with Crippen LogP contribution in [0.2, 0.25) is 0 Å². The molecule has 1 atom stereocenters. The molecule has 0 spiro atoms. The van der Waals surface area contributed by atoms with Crippen molar-refractivity contribution in [1.29, 1.82) is 0 Å². The number of rotatable bonds is 11. The molecule has 1 aliphatic heterocycles. The van der Waals surface area contributed by atoms with E-state index < -0.39 is 0 Å². The standard InChI is InChI=1S/C26H35N3O5/c1-5-28(16-20-10-7-8-12-23(20)33-18-24(30)32-6-2)21-13-15-29(17-21)25-22(11-9-14-27-25)26(31)34-19(3)4/h7-12,14,19,21H,5-6,13,15-18H2,1-4H3/t21-/m1/s1. The van der Waals surface area contributed by atoms with Crippen LogP contribution in [0.15, 0.2) is 42.6 Å². The van der Waals surface area contributed by atoms with Crippen molar-refractivity contribution in [2.45, 2.75) is 52.8 Å². The molecule has 0 saturated carbocycles. The van der Waals surface area contributed by atoms with Gasteiger partial charge in [0.15, 0.2) is 6.61 Å². The lowest BCUT2D eigenvalue weighted by atomic mass is 10.1. The van der Waals surface area contributed by atoms with Crippen LogP contribution in [-0.4, -0.2) is 66.8 Å². The molecule has 1 saturated heterocycles. The molecule has 8 heteroatoms. The molecule has 2 heterocycles. The highest BCUT2D eigenvalue weighted by molar-refractivity contribution is 5.95. The lowest BCUT2D eigenvalue weighted by Crippen LogP contribution is -2.37. The third kappa shape index (κ3) is 6.70. The van der Waals surface area contributed by atoms with Crippen molar-refractivity contribution in [2.75, 3.05) is 37.7 Å². The van der Waals surface area contributed by atoms with Gasteiger partial charge in [0.2, 0.25) is 0 Å². The number of anilines is 1. The Morgan fingerprint density at radius 1 is 1.18 bits per heavy atom. The molecule has 1 aromatic carbocycles. The van der Waals surface area contributed by atoms with Gasteiger partial charge in [0.25, 0.3) is 0 Å². The van der Waals surface area contributed by atoms with Crippen LogP contribution in [0.1, 0.15) is 50.0 Å². The second-order valence-corrected chi connectivity index (χ2v) is 8.48. The number of ether oxygens (including phenoxy) is 3. The van der Waals surface area contributed by atoms with Crippen LogP contribution in [0.5, 0.6) is 5.75 Å². The number of carbonyl (C=O) groups is 2. The van der Waals surface area contributed by atoms with Gasteiger partial charge in [-0.1, -0.05) is 25.1 Å². The molecule has 3 rings (SSSR count). The molecular formula is C26H35N3O5. The second kappa shape index (κ2) is 12.4. The second-order valence-electron chi connectivity index (χ2n) is 8.48. The number of esters is 2. The highest BCUT2D eigenvalue weighted by atomic mass is 16.6. The fourth-order valence-corrected chi connectivity index (χ4v) is 4.15. The summed E-state index contributed by atoms with van der Waals surface area (Å²) in [7, 11) is 0. The summed E-state index contributed by atoms with van der Waals surface area (Å²) in [6, 6.07) is 11.6. The van der Waals surface area contributed by atoms with Crippen molar-refractivity contribution in [3.05, 3.63) is 53.7 Å². The van der Waals surface area contributed by atoms with Crippen LogP contribution < -0.4 is 9.64 Å². The average Bonchev–Trinajstić information content (AvgIpc) is 3.31. The maximum atomic E-state index is 12.6. The van der Waals surface area contributed by atoms with E-state index in [0.29, 0.717) is 36.3 Å². The summed E-state index contributed by atoms with van der Waals surface area (Å²) >= 11 is 0. The maximum absolute atomic E-state index is 12.6. The summed E-state index contributed by atoms with van der Waals surface area (Å²) in [6.45, 7) is 10.9. The molecule has 0 aliphatic carbocycles. The first-order chi connectivity index (χ1) is 16.4. The first kappa shape index (κ1) is 25.5. The van der Waals surface area contributed by atoms with Gasteiger partial charge in [-0.2, -0.15) is 0 Å². The molecular weight excluding hydrogens is 434 g/mol. The number of aromatic nitrogens is 1. The Hall–Kier alpha value is -3.13. The van der Waals surface area contributed by atoms with Gasteiger partial charge in [-0.25, -0.2) is 14.6 Å². The summed E-state index contributed by atoms with van der Waals surface area (Å²) in [6.07, 6.45) is 2.48. The summed E-state index contributed by atoms with van der Waals surface area (Å²) in [5, 5.41) is 0. The number of benzene rings is 1. The van der Waals surface area contributed by atoms with Gasteiger partial charge >= 0.3 is 11.9 Å². The minimum absolute atomic E-state index is 0.108. The van der Waals surface area contributed by atoms with E-state index in [0.717, 1.165) is 31.6 Å². The van der Waals surface area contributed by atoms with Crippen molar-refractivity contribution in [2.24, 2.45) is 0 Å². The lowest BCUT2D eigenvalue weighted by molar-refractivity contribution is -0.145. The number of pyridine rings is 1. The van der Waals surface area contributed by atoms with Gasteiger partial charge in [-0.3, -0.25) is 4.90 Å². The fraction of sp³-hybridized carbons (Fsp3) is 0.500. The summed E-state index contributed by atoms with van der Waals surface area (Å²) in [4.78, 5) is 33.4. The molecule has 8 nitrogen and oxygen atoms in total. The number of para-hydroxylation sites is 1. The Morgan fingerprint density at radius 2 is 1.97 bits per heavy atom. The molecule has 1 fully saturated rings. The van der Waals surface area contributed by atoms with E-state index in [1.165, 1.54) is 0 Å². The van der Waals surface area contributed by atoms with Crippen LogP contribution in [-0.2, 0) is 20.8 Å². The Bertz CT molecular complexity index is 965. The SMILES string of the molecule is CCOC(=O)COc1ccccc1CN(CC)[C@@H]1CCN(c2ncccc2C(=O)OC(C)C)C1. The van der Waals surface area contributed by atoms with Crippen molar-refractivity contribution < 1.29 is 23.8 Å². The fourth-order valence-electron chi connectivity index (χ4n) is 4.15. The number of likely N-dealkylation sites (N-methyl/N-ethyl adjacent to an activating group) is 1. The van der Waals surface area contributed by atoms with Crippen molar-refractivity contribution in [3.63, 3.8) is 0 Å². The first-order valence-corrected chi connectivity index (χ1v) is 11.9. The summed E-state index contributed by atoms with van der Waals surface area (Å²) in [5.74, 6) is 0.636. The highest BCUT2D eigenvalue weighted by Crippen LogP contribution is 2.27. The Labute approximate surface area is 201 Å². The molecule has 184 valence electrons. The minimum Gasteiger partial charge on any atom is -0.482 e. The quantitative estimate of drug-likeness (QED) is 0.461. The molecule has 0 unspecified atom stereocenters. The van der Waals surface area contributed by atoms with Crippen molar-refractivity contribution in [3.8, 4) is 5.75 Å². The molecule has 0 bridgehead atoms. The number of hydrogen-bond acceptors (Lipinski definition) is 8. The largest absolute Gasteiger partial charge is 0.482 e. The van der Waals surface area contributed by atoms with Crippen LogP contribution in [0, 0.1) is 0 Å². The summed E-state index contributed by atoms with van der Waals surface area (Å²) < 4.78 is 16.1. The lowest BCUT2D eigenvalue weighted by Gasteiger charge is -2.29. The molecule has 34 heavy (non-hydrogen) atoms.